The molecule has 3 aromatic rings. The number of hydrogen-bond donors (Lipinski definition) is 0. The lowest BCUT2D eigenvalue weighted by Gasteiger charge is -2.31. The van der Waals surface area contributed by atoms with Crippen molar-refractivity contribution in [3.63, 3.8) is 0 Å². The predicted molar refractivity (Wildman–Crippen MR) is 118 cm³/mol. The molecule has 0 saturated carbocycles. The van der Waals surface area contributed by atoms with Gasteiger partial charge in [0.25, 0.3) is 0 Å². The first-order valence-corrected chi connectivity index (χ1v) is 12.5. The molecule has 0 N–H and O–H groups in total. The van der Waals surface area contributed by atoms with Crippen molar-refractivity contribution in [3.8, 4) is 0 Å². The number of rotatable bonds is 4. The lowest BCUT2D eigenvalue weighted by molar-refractivity contribution is -0.137. The Morgan fingerprint density at radius 2 is 1.56 bits per heavy atom. The summed E-state index contributed by atoms with van der Waals surface area (Å²) in [6.45, 7) is 0.315. The minimum atomic E-state index is -4.53. The summed E-state index contributed by atoms with van der Waals surface area (Å²) in [5, 5.41) is 4.56. The summed E-state index contributed by atoms with van der Waals surface area (Å²) in [6.07, 6.45) is -2.23. The Morgan fingerprint density at radius 1 is 0.912 bits per heavy atom. The van der Waals surface area contributed by atoms with Crippen molar-refractivity contribution in [3.05, 3.63) is 82.0 Å². The van der Waals surface area contributed by atoms with Crippen molar-refractivity contribution in [2.75, 3.05) is 13.1 Å². The fraction of sp³-hybridized carbons (Fsp3) is 0.391. The molecule has 0 bridgehead atoms. The zero-order chi connectivity index (χ0) is 24.1. The lowest BCUT2D eigenvalue weighted by atomic mass is 10.1. The highest BCUT2D eigenvalue weighted by atomic mass is 32.2. The molecule has 2 aliphatic rings. The Hall–Kier alpha value is -2.92. The van der Waals surface area contributed by atoms with Crippen LogP contribution in [0.4, 0.5) is 13.2 Å². The minimum absolute atomic E-state index is 0.0578. The maximum atomic E-state index is 13.2. The minimum Gasteiger partial charge on any atom is -0.271 e. The van der Waals surface area contributed by atoms with Crippen molar-refractivity contribution in [1.29, 1.82) is 0 Å². The van der Waals surface area contributed by atoms with E-state index in [1.54, 1.807) is 4.57 Å². The third kappa shape index (κ3) is 3.96. The molecule has 7 nitrogen and oxygen atoms in total. The zero-order valence-corrected chi connectivity index (χ0v) is 19.0. The molecule has 0 amide bonds. The van der Waals surface area contributed by atoms with Gasteiger partial charge in [0.15, 0.2) is 0 Å². The van der Waals surface area contributed by atoms with Crippen LogP contribution in [0.3, 0.4) is 0 Å². The number of aryl methyl sites for hydroxylation is 1. The van der Waals surface area contributed by atoms with E-state index in [1.807, 2.05) is 30.3 Å². The molecular formula is C23H23F3N4O3S. The Labute approximate surface area is 194 Å². The first-order chi connectivity index (χ1) is 16.2. The molecular weight excluding hydrogens is 469 g/mol. The quantitative estimate of drug-likeness (QED) is 0.558. The van der Waals surface area contributed by atoms with Crippen molar-refractivity contribution >= 4 is 10.0 Å². The van der Waals surface area contributed by atoms with Crippen molar-refractivity contribution in [1.82, 2.24) is 18.7 Å². The highest BCUT2D eigenvalue weighted by Crippen LogP contribution is 2.33. The van der Waals surface area contributed by atoms with Gasteiger partial charge in [-0.1, -0.05) is 30.3 Å². The molecule has 5 rings (SSSR count). The van der Waals surface area contributed by atoms with Crippen LogP contribution in [0.15, 0.2) is 64.3 Å². The molecule has 0 spiro atoms. The molecule has 180 valence electrons. The van der Waals surface area contributed by atoms with Crippen LogP contribution >= 0.6 is 0 Å². The third-order valence-corrected chi connectivity index (χ3v) is 8.54. The highest BCUT2D eigenvalue weighted by molar-refractivity contribution is 7.89. The lowest BCUT2D eigenvalue weighted by Crippen LogP contribution is -2.41. The van der Waals surface area contributed by atoms with Crippen LogP contribution in [0.25, 0.3) is 0 Å². The summed E-state index contributed by atoms with van der Waals surface area (Å²) in [5.41, 5.74) is -0.0306. The van der Waals surface area contributed by atoms with E-state index in [4.69, 9.17) is 0 Å². The van der Waals surface area contributed by atoms with Gasteiger partial charge in [-0.2, -0.15) is 22.6 Å². The summed E-state index contributed by atoms with van der Waals surface area (Å²) < 4.78 is 68.7. The van der Waals surface area contributed by atoms with Crippen LogP contribution in [0, 0.1) is 0 Å². The van der Waals surface area contributed by atoms with Crippen molar-refractivity contribution < 1.29 is 21.6 Å². The Bertz CT molecular complexity index is 1340. The number of benzene rings is 2. The molecule has 2 aromatic carbocycles. The van der Waals surface area contributed by atoms with E-state index < -0.39 is 21.8 Å². The Balaban J connectivity index is 1.31. The molecule has 11 heteroatoms. The summed E-state index contributed by atoms with van der Waals surface area (Å²) in [7, 11) is -3.93. The standard InChI is InChI=1S/C23H23F3N4O3S/c24-23(25,26)17-6-8-19(9-7-17)34(32,33)28-14-12-18(13-15-28)30-22(31)29-20(10-11-21(29)27-30)16-4-2-1-3-5-16/h1-9,18,20H,10-15H2/t20-/m0/s1. The Kier molecular flexibility index (Phi) is 5.64. The number of alkyl halides is 3. The molecule has 2 aliphatic heterocycles. The van der Waals surface area contributed by atoms with Crippen molar-refractivity contribution in [2.45, 2.75) is 48.8 Å². The van der Waals surface area contributed by atoms with Gasteiger partial charge in [-0.05, 0) is 49.1 Å². The molecule has 1 fully saturated rings. The van der Waals surface area contributed by atoms with Crippen LogP contribution < -0.4 is 5.69 Å². The van der Waals surface area contributed by atoms with Crippen LogP contribution in [-0.4, -0.2) is 40.2 Å². The average molecular weight is 493 g/mol. The second-order valence-electron chi connectivity index (χ2n) is 8.64. The van der Waals surface area contributed by atoms with Crippen LogP contribution in [-0.2, 0) is 22.6 Å². The molecule has 34 heavy (non-hydrogen) atoms. The first-order valence-electron chi connectivity index (χ1n) is 11.1. The summed E-state index contributed by atoms with van der Waals surface area (Å²) in [5.74, 6) is 0.735. The van der Waals surface area contributed by atoms with Gasteiger partial charge in [-0.3, -0.25) is 4.57 Å². The molecule has 1 aromatic heterocycles. The number of hydrogen-bond acceptors (Lipinski definition) is 4. The van der Waals surface area contributed by atoms with Crippen LogP contribution in [0.1, 0.15) is 48.3 Å². The van der Waals surface area contributed by atoms with Gasteiger partial charge in [-0.15, -0.1) is 0 Å². The maximum Gasteiger partial charge on any atom is 0.416 e. The number of piperidine rings is 1. The fourth-order valence-electron chi connectivity index (χ4n) is 4.84. The Morgan fingerprint density at radius 3 is 2.18 bits per heavy atom. The average Bonchev–Trinajstić information content (AvgIpc) is 3.39. The predicted octanol–water partition coefficient (Wildman–Crippen LogP) is 3.63. The second kappa shape index (κ2) is 8.38. The molecule has 1 saturated heterocycles. The van der Waals surface area contributed by atoms with E-state index in [9.17, 15) is 26.4 Å². The molecule has 3 heterocycles. The monoisotopic (exact) mass is 492 g/mol. The van der Waals surface area contributed by atoms with Crippen molar-refractivity contribution in [2.24, 2.45) is 0 Å². The van der Waals surface area contributed by atoms with Gasteiger partial charge >= 0.3 is 11.9 Å². The largest absolute Gasteiger partial charge is 0.416 e. The van der Waals surface area contributed by atoms with E-state index in [0.29, 0.717) is 19.3 Å². The van der Waals surface area contributed by atoms with Gasteiger partial charge < -0.3 is 0 Å². The molecule has 0 radical (unpaired) electrons. The maximum absolute atomic E-state index is 13.2. The van der Waals surface area contributed by atoms with Gasteiger partial charge in [0.05, 0.1) is 22.5 Å². The van der Waals surface area contributed by atoms with Crippen LogP contribution in [0.2, 0.25) is 0 Å². The smallest absolute Gasteiger partial charge is 0.271 e. The number of sulfonamides is 1. The fourth-order valence-corrected chi connectivity index (χ4v) is 6.31. The summed E-state index contributed by atoms with van der Waals surface area (Å²) in [6, 6.07) is 13.0. The topological polar surface area (TPSA) is 77.2 Å². The van der Waals surface area contributed by atoms with Gasteiger partial charge in [0.1, 0.15) is 5.82 Å². The van der Waals surface area contributed by atoms with Gasteiger partial charge in [0.2, 0.25) is 10.0 Å². The molecule has 1 atom stereocenters. The number of aromatic nitrogens is 3. The van der Waals surface area contributed by atoms with E-state index in [-0.39, 0.29) is 35.8 Å². The van der Waals surface area contributed by atoms with E-state index in [2.05, 4.69) is 5.10 Å². The summed E-state index contributed by atoms with van der Waals surface area (Å²) >= 11 is 0. The van der Waals surface area contributed by atoms with Crippen LogP contribution in [0.5, 0.6) is 0 Å². The number of nitrogens with zero attached hydrogens (tertiary/aromatic N) is 4. The number of fused-ring (bicyclic) bond motifs is 1. The third-order valence-electron chi connectivity index (χ3n) is 6.63. The summed E-state index contributed by atoms with van der Waals surface area (Å²) in [4.78, 5) is 13.0. The van der Waals surface area contributed by atoms with E-state index in [1.165, 1.54) is 8.99 Å². The number of halogens is 3. The van der Waals surface area contributed by atoms with Gasteiger partial charge in [0, 0.05) is 19.5 Å². The zero-order valence-electron chi connectivity index (χ0n) is 18.1. The normalized spacial score (nSPS) is 19.9. The second-order valence-corrected chi connectivity index (χ2v) is 10.6. The van der Waals surface area contributed by atoms with E-state index in [0.717, 1.165) is 42.1 Å². The molecule has 0 unspecified atom stereocenters. The SMILES string of the molecule is O=c1n(C2CCN(S(=O)(=O)c3ccc(C(F)(F)F)cc3)CC2)nc2n1[C@H](c1ccccc1)CC2. The molecule has 0 aliphatic carbocycles. The first kappa shape index (κ1) is 22.9. The van der Waals surface area contributed by atoms with E-state index >= 15 is 0 Å². The van der Waals surface area contributed by atoms with Gasteiger partial charge in [-0.25, -0.2) is 17.9 Å². The highest BCUT2D eigenvalue weighted by Gasteiger charge is 2.35.